The van der Waals surface area contributed by atoms with Gasteiger partial charge in [0, 0.05) is 43.3 Å². The van der Waals surface area contributed by atoms with Crippen molar-refractivity contribution in [2.75, 3.05) is 21.3 Å². The average Bonchev–Trinajstić information content (AvgIpc) is 2.88. The van der Waals surface area contributed by atoms with Crippen molar-refractivity contribution in [3.05, 3.63) is 58.6 Å². The second-order valence-corrected chi connectivity index (χ2v) is 10.5. The minimum atomic E-state index is -0.898. The maximum absolute atomic E-state index is 13.4. The van der Waals surface area contributed by atoms with Gasteiger partial charge in [-0.2, -0.15) is 0 Å². The maximum Gasteiger partial charge on any atom is 0.405 e. The summed E-state index contributed by atoms with van der Waals surface area (Å²) in [5.41, 5.74) is 6.55. The van der Waals surface area contributed by atoms with E-state index in [-0.39, 0.29) is 53.4 Å². The number of methoxy groups -OCH3 is 3. The monoisotopic (exact) mass is 558 g/mol. The number of Topliss-reactive ketones (excluding diaryl/α,β-unsaturated/α-hetero) is 1. The Kier molecular flexibility index (Phi) is 12.1. The SMILES string of the molecule is COC1=C2C[C@@H](C)C[C@H](OC)[C@H](OC)[C@@H](C)/C=C(\C)[C@H](OC(N)=O)[C@@H](C)/C=C\C=C(/C)C(=O)NC(=CC1=O)C2=O. The number of hydrogen-bond acceptors (Lipinski definition) is 8. The Balaban J connectivity index is 2.60. The number of nitrogens with two attached hydrogens (primary N) is 1. The summed E-state index contributed by atoms with van der Waals surface area (Å²) in [6, 6.07) is 0. The first kappa shape index (κ1) is 32.7. The Labute approximate surface area is 236 Å². The Morgan fingerprint density at radius 1 is 1.02 bits per heavy atom. The molecule has 0 radical (unpaired) electrons. The maximum atomic E-state index is 13.4. The molecule has 2 rings (SSSR count). The molecule has 10 nitrogen and oxygen atoms in total. The van der Waals surface area contributed by atoms with Gasteiger partial charge in [0.1, 0.15) is 6.10 Å². The first-order valence-electron chi connectivity index (χ1n) is 13.3. The predicted molar refractivity (Wildman–Crippen MR) is 150 cm³/mol. The summed E-state index contributed by atoms with van der Waals surface area (Å²) in [7, 11) is 4.53. The Morgan fingerprint density at radius 2 is 1.70 bits per heavy atom. The number of allylic oxidation sites excluding steroid dienone is 4. The van der Waals surface area contributed by atoms with Crippen molar-refractivity contribution in [3.8, 4) is 0 Å². The first-order chi connectivity index (χ1) is 18.8. The van der Waals surface area contributed by atoms with E-state index in [1.165, 1.54) is 7.11 Å². The molecule has 10 heteroatoms. The van der Waals surface area contributed by atoms with E-state index < -0.39 is 29.7 Å². The molecule has 1 aliphatic carbocycles. The molecule has 2 amide bonds. The lowest BCUT2D eigenvalue weighted by Gasteiger charge is -2.32. The van der Waals surface area contributed by atoms with Crippen molar-refractivity contribution in [3.63, 3.8) is 0 Å². The Morgan fingerprint density at radius 3 is 2.27 bits per heavy atom. The van der Waals surface area contributed by atoms with Crippen LogP contribution in [0.1, 0.15) is 47.5 Å². The molecule has 0 spiro atoms. The van der Waals surface area contributed by atoms with Gasteiger partial charge in [0.25, 0.3) is 5.91 Å². The third-order valence-corrected chi connectivity index (χ3v) is 7.21. The van der Waals surface area contributed by atoms with Crippen LogP contribution in [0, 0.1) is 17.8 Å². The zero-order valence-electron chi connectivity index (χ0n) is 24.6. The quantitative estimate of drug-likeness (QED) is 0.393. The number of nitrogens with one attached hydrogen (secondary N) is 1. The highest BCUT2D eigenvalue weighted by atomic mass is 16.6. The fourth-order valence-electron chi connectivity index (χ4n) is 5.19. The molecule has 0 fully saturated rings. The molecule has 1 aliphatic heterocycles. The molecule has 0 saturated heterocycles. The number of carbonyl (C=O) groups is 4. The van der Waals surface area contributed by atoms with Gasteiger partial charge in [0.2, 0.25) is 11.6 Å². The van der Waals surface area contributed by atoms with Gasteiger partial charge >= 0.3 is 6.09 Å². The third kappa shape index (κ3) is 8.25. The van der Waals surface area contributed by atoms with Crippen molar-refractivity contribution in [1.82, 2.24) is 5.32 Å². The zero-order chi connectivity index (χ0) is 30.1. The molecule has 3 N–H and O–H groups in total. The molecule has 2 bridgehead atoms. The lowest BCUT2D eigenvalue weighted by molar-refractivity contribution is -0.120. The summed E-state index contributed by atoms with van der Waals surface area (Å²) in [4.78, 5) is 50.7. The van der Waals surface area contributed by atoms with Gasteiger partial charge in [-0.1, -0.05) is 45.1 Å². The van der Waals surface area contributed by atoms with Crippen LogP contribution in [-0.2, 0) is 33.3 Å². The van der Waals surface area contributed by atoms with Gasteiger partial charge in [0.15, 0.2) is 5.76 Å². The van der Waals surface area contributed by atoms with Gasteiger partial charge in [-0.3, -0.25) is 14.4 Å². The number of amides is 2. The van der Waals surface area contributed by atoms with E-state index in [9.17, 15) is 19.2 Å². The zero-order valence-corrected chi connectivity index (χ0v) is 24.6. The van der Waals surface area contributed by atoms with Crippen LogP contribution in [0.4, 0.5) is 4.79 Å². The number of primary amides is 1. The van der Waals surface area contributed by atoms with Crippen LogP contribution in [0.15, 0.2) is 58.6 Å². The summed E-state index contributed by atoms with van der Waals surface area (Å²) in [6.45, 7) is 9.23. The fraction of sp³-hybridized carbons (Fsp3) is 0.533. The highest BCUT2D eigenvalue weighted by molar-refractivity contribution is 6.23. The number of carbonyl (C=O) groups excluding carboxylic acids is 4. The Bertz CT molecular complexity index is 1150. The molecule has 0 aromatic rings. The smallest absolute Gasteiger partial charge is 0.405 e. The molecular weight excluding hydrogens is 516 g/mol. The molecule has 0 unspecified atom stereocenters. The van der Waals surface area contributed by atoms with Crippen molar-refractivity contribution in [2.24, 2.45) is 23.5 Å². The van der Waals surface area contributed by atoms with Crippen LogP contribution < -0.4 is 11.1 Å². The van der Waals surface area contributed by atoms with Crippen LogP contribution >= 0.6 is 0 Å². The van der Waals surface area contributed by atoms with Crippen molar-refractivity contribution >= 4 is 23.6 Å². The van der Waals surface area contributed by atoms with E-state index >= 15 is 0 Å². The molecule has 1 heterocycles. The van der Waals surface area contributed by atoms with Crippen LogP contribution in [-0.4, -0.2) is 63.2 Å². The molecule has 0 aromatic carbocycles. The minimum Gasteiger partial charge on any atom is -0.492 e. The second-order valence-electron chi connectivity index (χ2n) is 10.5. The number of ether oxygens (including phenoxy) is 4. The molecule has 2 aliphatic rings. The second kappa shape index (κ2) is 14.8. The van der Waals surface area contributed by atoms with Gasteiger partial charge < -0.3 is 30.0 Å². The normalized spacial score (nSPS) is 32.7. The van der Waals surface area contributed by atoms with E-state index in [0.717, 1.165) is 11.6 Å². The van der Waals surface area contributed by atoms with Gasteiger partial charge in [-0.15, -0.1) is 0 Å². The molecule has 0 aromatic heterocycles. The summed E-state index contributed by atoms with van der Waals surface area (Å²) in [5.74, 6) is -2.08. The number of hydrogen-bond donors (Lipinski definition) is 2. The van der Waals surface area contributed by atoms with Crippen molar-refractivity contribution in [1.29, 1.82) is 0 Å². The fourth-order valence-corrected chi connectivity index (χ4v) is 5.19. The van der Waals surface area contributed by atoms with E-state index in [1.807, 2.05) is 33.8 Å². The van der Waals surface area contributed by atoms with E-state index in [1.54, 1.807) is 39.4 Å². The number of ketones is 2. The third-order valence-electron chi connectivity index (χ3n) is 7.21. The van der Waals surface area contributed by atoms with Crippen LogP contribution in [0.2, 0.25) is 0 Å². The number of rotatable bonds is 4. The van der Waals surface area contributed by atoms with E-state index in [4.69, 9.17) is 24.7 Å². The Hall–Kier alpha value is -3.50. The van der Waals surface area contributed by atoms with Gasteiger partial charge in [-0.25, -0.2) is 4.79 Å². The molecular formula is C30H42N2O8. The largest absolute Gasteiger partial charge is 0.492 e. The van der Waals surface area contributed by atoms with Crippen LogP contribution in [0.3, 0.4) is 0 Å². The highest BCUT2D eigenvalue weighted by Crippen LogP contribution is 2.30. The average molecular weight is 559 g/mol. The topological polar surface area (TPSA) is 143 Å². The summed E-state index contributed by atoms with van der Waals surface area (Å²) in [5, 5.41) is 2.57. The predicted octanol–water partition coefficient (Wildman–Crippen LogP) is 3.68. The van der Waals surface area contributed by atoms with Crippen LogP contribution in [0.25, 0.3) is 0 Å². The minimum absolute atomic E-state index is 0.0328. The first-order valence-corrected chi connectivity index (χ1v) is 13.3. The summed E-state index contributed by atoms with van der Waals surface area (Å²) >= 11 is 0. The van der Waals surface area contributed by atoms with E-state index in [0.29, 0.717) is 12.0 Å². The highest BCUT2D eigenvalue weighted by Gasteiger charge is 2.34. The van der Waals surface area contributed by atoms with Crippen LogP contribution in [0.5, 0.6) is 0 Å². The standard InChI is InChI=1S/C30H42N2O8/c1-16-12-21-25(34)22(15-23(33)28(21)39-8)32-29(35)18(3)11-9-10-17(2)26(40-30(31)36)19(4)14-20(5)27(38-7)24(13-16)37-6/h9-11,14-17,20,24,26-27H,12-13H2,1-8H3,(H2,31,36)(H,32,35)/b10-9-,18-11+,19-14+/t16-,17+,20+,24+,26-,27-/m1/s1. The molecule has 220 valence electrons. The van der Waals surface area contributed by atoms with Gasteiger partial charge in [-0.05, 0) is 38.2 Å². The van der Waals surface area contributed by atoms with Gasteiger partial charge in [0.05, 0.1) is 25.0 Å². The van der Waals surface area contributed by atoms with E-state index in [2.05, 4.69) is 5.32 Å². The molecule has 40 heavy (non-hydrogen) atoms. The number of fused-ring (bicyclic) bond motifs is 2. The summed E-state index contributed by atoms with van der Waals surface area (Å²) in [6.07, 6.45) is 6.53. The molecule has 0 saturated carbocycles. The lowest BCUT2D eigenvalue weighted by atomic mass is 9.85. The summed E-state index contributed by atoms with van der Waals surface area (Å²) < 4.78 is 22.4. The van der Waals surface area contributed by atoms with Crippen molar-refractivity contribution in [2.45, 2.75) is 65.8 Å². The van der Waals surface area contributed by atoms with Crippen molar-refractivity contribution < 1.29 is 38.1 Å². The molecule has 6 atom stereocenters. The lowest BCUT2D eigenvalue weighted by Crippen LogP contribution is -2.37.